The molecule has 0 aromatic rings. The number of hydrogen-bond donors (Lipinski definition) is 1. The first kappa shape index (κ1) is 12.0. The third kappa shape index (κ3) is 4.76. The SMILES string of the molecule is CCCCC[C@@](C)(CO)CCC. The van der Waals surface area contributed by atoms with Crippen molar-refractivity contribution in [3.8, 4) is 0 Å². The van der Waals surface area contributed by atoms with Gasteiger partial charge in [0.05, 0.1) is 0 Å². The molecule has 0 unspecified atom stereocenters. The average molecular weight is 172 g/mol. The van der Waals surface area contributed by atoms with E-state index >= 15 is 0 Å². The monoisotopic (exact) mass is 172 g/mol. The van der Waals surface area contributed by atoms with Crippen molar-refractivity contribution in [2.75, 3.05) is 6.61 Å². The Kier molecular flexibility index (Phi) is 6.45. The molecular weight excluding hydrogens is 148 g/mol. The van der Waals surface area contributed by atoms with Crippen LogP contribution in [0, 0.1) is 5.41 Å². The summed E-state index contributed by atoms with van der Waals surface area (Å²) < 4.78 is 0. The van der Waals surface area contributed by atoms with Gasteiger partial charge in [-0.25, -0.2) is 0 Å². The van der Waals surface area contributed by atoms with Gasteiger partial charge in [-0.1, -0.05) is 46.5 Å². The van der Waals surface area contributed by atoms with Gasteiger partial charge in [0.15, 0.2) is 0 Å². The van der Waals surface area contributed by atoms with E-state index < -0.39 is 0 Å². The number of hydrogen-bond acceptors (Lipinski definition) is 1. The molecule has 0 saturated heterocycles. The van der Waals surface area contributed by atoms with Crippen LogP contribution in [-0.2, 0) is 0 Å². The van der Waals surface area contributed by atoms with Crippen LogP contribution in [0.2, 0.25) is 0 Å². The summed E-state index contributed by atoms with van der Waals surface area (Å²) in [5.41, 5.74) is 0.198. The molecule has 0 fully saturated rings. The van der Waals surface area contributed by atoms with Gasteiger partial charge in [0, 0.05) is 6.61 Å². The smallest absolute Gasteiger partial charge is 0.0484 e. The summed E-state index contributed by atoms with van der Waals surface area (Å²) in [6.07, 6.45) is 7.38. The fourth-order valence-electron chi connectivity index (χ4n) is 1.69. The molecule has 0 saturated carbocycles. The second-order valence-electron chi connectivity index (χ2n) is 4.18. The first-order valence-corrected chi connectivity index (χ1v) is 5.29. The molecule has 0 spiro atoms. The van der Waals surface area contributed by atoms with Gasteiger partial charge in [0.1, 0.15) is 0 Å². The minimum absolute atomic E-state index is 0.198. The van der Waals surface area contributed by atoms with Crippen LogP contribution in [0.25, 0.3) is 0 Å². The van der Waals surface area contributed by atoms with E-state index in [4.69, 9.17) is 0 Å². The maximum absolute atomic E-state index is 9.22. The zero-order valence-corrected chi connectivity index (χ0v) is 8.90. The minimum atomic E-state index is 0.198. The van der Waals surface area contributed by atoms with Crippen LogP contribution in [-0.4, -0.2) is 11.7 Å². The van der Waals surface area contributed by atoms with Crippen molar-refractivity contribution in [2.45, 2.75) is 59.3 Å². The summed E-state index contributed by atoms with van der Waals surface area (Å²) in [7, 11) is 0. The van der Waals surface area contributed by atoms with E-state index in [-0.39, 0.29) is 5.41 Å². The molecule has 0 aromatic carbocycles. The van der Waals surface area contributed by atoms with Crippen LogP contribution in [0.1, 0.15) is 59.3 Å². The predicted octanol–water partition coefficient (Wildman–Crippen LogP) is 3.37. The molecule has 1 atom stereocenters. The Balaban J connectivity index is 3.63. The Bertz CT molecular complexity index is 101. The van der Waals surface area contributed by atoms with E-state index in [0.717, 1.165) is 6.42 Å². The molecule has 0 amide bonds. The largest absolute Gasteiger partial charge is 0.396 e. The third-order valence-corrected chi connectivity index (χ3v) is 2.62. The van der Waals surface area contributed by atoms with Crippen molar-refractivity contribution in [1.29, 1.82) is 0 Å². The molecule has 1 nitrogen and oxygen atoms in total. The van der Waals surface area contributed by atoms with Crippen molar-refractivity contribution in [1.82, 2.24) is 0 Å². The van der Waals surface area contributed by atoms with Crippen LogP contribution >= 0.6 is 0 Å². The molecule has 0 aliphatic carbocycles. The van der Waals surface area contributed by atoms with Crippen molar-refractivity contribution in [2.24, 2.45) is 5.41 Å². The van der Waals surface area contributed by atoms with E-state index in [1.54, 1.807) is 0 Å². The zero-order valence-electron chi connectivity index (χ0n) is 8.90. The van der Waals surface area contributed by atoms with Gasteiger partial charge in [-0.05, 0) is 18.3 Å². The molecule has 0 bridgehead atoms. The van der Waals surface area contributed by atoms with Crippen LogP contribution in [0.3, 0.4) is 0 Å². The zero-order chi connectivity index (χ0) is 9.45. The van der Waals surface area contributed by atoms with Crippen LogP contribution < -0.4 is 0 Å². The van der Waals surface area contributed by atoms with Crippen LogP contribution in [0.5, 0.6) is 0 Å². The lowest BCUT2D eigenvalue weighted by Gasteiger charge is -2.26. The lowest BCUT2D eigenvalue weighted by molar-refractivity contribution is 0.119. The van der Waals surface area contributed by atoms with Gasteiger partial charge in [-0.2, -0.15) is 0 Å². The molecule has 0 aromatic heterocycles. The lowest BCUT2D eigenvalue weighted by atomic mass is 9.81. The van der Waals surface area contributed by atoms with Gasteiger partial charge < -0.3 is 5.11 Å². The molecule has 0 rings (SSSR count). The standard InChI is InChI=1S/C11H24O/c1-4-6-7-9-11(3,10-12)8-5-2/h12H,4-10H2,1-3H3/t11-/m0/s1. The van der Waals surface area contributed by atoms with Crippen molar-refractivity contribution in [3.05, 3.63) is 0 Å². The second kappa shape index (κ2) is 6.47. The number of aliphatic hydroxyl groups is 1. The second-order valence-corrected chi connectivity index (χ2v) is 4.18. The molecule has 12 heavy (non-hydrogen) atoms. The van der Waals surface area contributed by atoms with Crippen molar-refractivity contribution >= 4 is 0 Å². The predicted molar refractivity (Wildman–Crippen MR) is 54.2 cm³/mol. The van der Waals surface area contributed by atoms with Gasteiger partial charge in [-0.15, -0.1) is 0 Å². The summed E-state index contributed by atoms with van der Waals surface area (Å²) in [4.78, 5) is 0. The fourth-order valence-corrected chi connectivity index (χ4v) is 1.69. The summed E-state index contributed by atoms with van der Waals surface area (Å²) in [5, 5.41) is 9.22. The van der Waals surface area contributed by atoms with Gasteiger partial charge in [0.25, 0.3) is 0 Å². The van der Waals surface area contributed by atoms with Gasteiger partial charge in [-0.3, -0.25) is 0 Å². The topological polar surface area (TPSA) is 20.2 Å². The average Bonchev–Trinajstić information content (AvgIpc) is 2.06. The number of aliphatic hydroxyl groups excluding tert-OH is 1. The summed E-state index contributed by atoms with van der Waals surface area (Å²) in [5.74, 6) is 0. The molecular formula is C11H24O. The molecule has 1 heteroatoms. The Morgan fingerprint density at radius 2 is 1.67 bits per heavy atom. The number of unbranched alkanes of at least 4 members (excludes halogenated alkanes) is 2. The highest BCUT2D eigenvalue weighted by atomic mass is 16.3. The number of rotatable bonds is 7. The van der Waals surface area contributed by atoms with Crippen LogP contribution in [0.15, 0.2) is 0 Å². The Labute approximate surface area is 77.2 Å². The molecule has 0 heterocycles. The summed E-state index contributed by atoms with van der Waals surface area (Å²) in [6, 6.07) is 0. The van der Waals surface area contributed by atoms with Gasteiger partial charge in [0.2, 0.25) is 0 Å². The quantitative estimate of drug-likeness (QED) is 0.584. The fraction of sp³-hybridized carbons (Fsp3) is 1.00. The Morgan fingerprint density at radius 3 is 2.08 bits per heavy atom. The highest BCUT2D eigenvalue weighted by molar-refractivity contribution is 4.72. The van der Waals surface area contributed by atoms with Gasteiger partial charge >= 0.3 is 0 Å². The molecule has 0 aliphatic rings. The van der Waals surface area contributed by atoms with E-state index in [1.165, 1.54) is 32.1 Å². The van der Waals surface area contributed by atoms with Crippen LogP contribution in [0.4, 0.5) is 0 Å². The molecule has 1 N–H and O–H groups in total. The Hall–Kier alpha value is -0.0400. The summed E-state index contributed by atoms with van der Waals surface area (Å²) >= 11 is 0. The summed E-state index contributed by atoms with van der Waals surface area (Å²) in [6.45, 7) is 6.96. The first-order valence-electron chi connectivity index (χ1n) is 5.29. The van der Waals surface area contributed by atoms with Crippen molar-refractivity contribution in [3.63, 3.8) is 0 Å². The van der Waals surface area contributed by atoms with E-state index in [9.17, 15) is 5.11 Å². The minimum Gasteiger partial charge on any atom is -0.396 e. The first-order chi connectivity index (χ1) is 5.68. The normalized spacial score (nSPS) is 16.0. The molecule has 74 valence electrons. The lowest BCUT2D eigenvalue weighted by Crippen LogP contribution is -2.20. The molecule has 0 radical (unpaired) electrons. The maximum Gasteiger partial charge on any atom is 0.0484 e. The third-order valence-electron chi connectivity index (χ3n) is 2.62. The van der Waals surface area contributed by atoms with E-state index in [0.29, 0.717) is 6.61 Å². The maximum atomic E-state index is 9.22. The van der Waals surface area contributed by atoms with E-state index in [2.05, 4.69) is 20.8 Å². The molecule has 0 aliphatic heterocycles. The van der Waals surface area contributed by atoms with E-state index in [1.807, 2.05) is 0 Å². The Morgan fingerprint density at radius 1 is 1.00 bits per heavy atom. The highest BCUT2D eigenvalue weighted by Crippen LogP contribution is 2.29. The van der Waals surface area contributed by atoms with Crippen molar-refractivity contribution < 1.29 is 5.11 Å². The highest BCUT2D eigenvalue weighted by Gasteiger charge is 2.20.